The third-order valence-corrected chi connectivity index (χ3v) is 3.27. The number of hydrogen-bond donors (Lipinski definition) is 1. The molecule has 0 fully saturated rings. The van der Waals surface area contributed by atoms with Crippen LogP contribution in [0.5, 0.6) is 0 Å². The zero-order chi connectivity index (χ0) is 12.1. The van der Waals surface area contributed by atoms with E-state index < -0.39 is 10.8 Å². The average molecular weight is 309 g/mol. The van der Waals surface area contributed by atoms with Crippen LogP contribution in [0.15, 0.2) is 16.7 Å². The molecule has 6 heteroatoms. The highest BCUT2D eigenvalue weighted by atomic mass is 79.9. The molecule has 0 aliphatic carbocycles. The second kappa shape index (κ2) is 6.30. The monoisotopic (exact) mass is 308 g/mol. The highest BCUT2D eigenvalue weighted by Gasteiger charge is 2.08. The molecule has 0 aliphatic rings. The molecule has 16 heavy (non-hydrogen) atoms. The lowest BCUT2D eigenvalue weighted by atomic mass is 10.2. The molecule has 0 aromatic carbocycles. The Kier molecular flexibility index (Phi) is 5.34. The van der Waals surface area contributed by atoms with Gasteiger partial charge in [-0.3, -0.25) is 4.21 Å². The van der Waals surface area contributed by atoms with Gasteiger partial charge in [0.15, 0.2) is 11.6 Å². The zero-order valence-corrected chi connectivity index (χ0v) is 11.6. The van der Waals surface area contributed by atoms with Gasteiger partial charge in [-0.25, -0.2) is 9.37 Å². The van der Waals surface area contributed by atoms with Gasteiger partial charge in [0.05, 0.1) is 0 Å². The van der Waals surface area contributed by atoms with E-state index >= 15 is 0 Å². The van der Waals surface area contributed by atoms with Gasteiger partial charge in [0, 0.05) is 39.5 Å². The lowest BCUT2D eigenvalue weighted by molar-refractivity contribution is 0.617. The Morgan fingerprint density at radius 1 is 1.69 bits per heavy atom. The van der Waals surface area contributed by atoms with Crippen molar-refractivity contribution in [2.24, 2.45) is 0 Å². The van der Waals surface area contributed by atoms with Crippen LogP contribution in [0.4, 0.5) is 10.2 Å². The molecule has 90 valence electrons. The van der Waals surface area contributed by atoms with E-state index in [1.165, 1.54) is 12.3 Å². The fourth-order valence-electron chi connectivity index (χ4n) is 1.17. The van der Waals surface area contributed by atoms with Gasteiger partial charge >= 0.3 is 0 Å². The summed E-state index contributed by atoms with van der Waals surface area (Å²) in [7, 11) is -0.815. The van der Waals surface area contributed by atoms with Crippen molar-refractivity contribution in [3.63, 3.8) is 0 Å². The number of nitrogens with zero attached hydrogens (tertiary/aromatic N) is 1. The summed E-state index contributed by atoms with van der Waals surface area (Å²) >= 11 is 3.14. The van der Waals surface area contributed by atoms with E-state index in [0.29, 0.717) is 10.2 Å². The van der Waals surface area contributed by atoms with Gasteiger partial charge in [-0.15, -0.1) is 0 Å². The van der Waals surface area contributed by atoms with E-state index in [1.54, 1.807) is 6.26 Å². The van der Waals surface area contributed by atoms with Gasteiger partial charge in [-0.2, -0.15) is 0 Å². The smallest absolute Gasteiger partial charge is 0.166 e. The van der Waals surface area contributed by atoms with Gasteiger partial charge in [-0.1, -0.05) is 0 Å². The number of pyridine rings is 1. The molecule has 0 saturated heterocycles. The molecule has 0 saturated carbocycles. The van der Waals surface area contributed by atoms with Crippen molar-refractivity contribution in [2.75, 3.05) is 17.3 Å². The zero-order valence-electron chi connectivity index (χ0n) is 9.17. The largest absolute Gasteiger partial charge is 0.365 e. The number of hydrogen-bond acceptors (Lipinski definition) is 3. The number of halogens is 2. The SMILES string of the molecule is CC(CCS(C)=O)Nc1ncc(Br)cc1F. The number of aromatic nitrogens is 1. The molecule has 0 radical (unpaired) electrons. The minimum absolute atomic E-state index is 0.0482. The van der Waals surface area contributed by atoms with Crippen LogP contribution in [-0.2, 0) is 10.8 Å². The van der Waals surface area contributed by atoms with Crippen LogP contribution >= 0.6 is 15.9 Å². The summed E-state index contributed by atoms with van der Waals surface area (Å²) in [6.45, 7) is 1.91. The molecule has 1 aromatic rings. The van der Waals surface area contributed by atoms with Gasteiger partial charge < -0.3 is 5.32 Å². The molecule has 1 heterocycles. The summed E-state index contributed by atoms with van der Waals surface area (Å²) in [4.78, 5) is 3.94. The lowest BCUT2D eigenvalue weighted by Gasteiger charge is -2.14. The fourth-order valence-corrected chi connectivity index (χ4v) is 2.16. The van der Waals surface area contributed by atoms with Crippen molar-refractivity contribution in [3.05, 3.63) is 22.6 Å². The molecule has 0 aliphatic heterocycles. The third kappa shape index (κ3) is 4.57. The fraction of sp³-hybridized carbons (Fsp3) is 0.500. The first-order chi connectivity index (χ1) is 7.49. The Labute approximate surface area is 105 Å². The minimum Gasteiger partial charge on any atom is -0.365 e. The predicted molar refractivity (Wildman–Crippen MR) is 68.5 cm³/mol. The van der Waals surface area contributed by atoms with Gasteiger partial charge in [0.1, 0.15) is 0 Å². The van der Waals surface area contributed by atoms with Crippen molar-refractivity contribution in [3.8, 4) is 0 Å². The molecule has 1 aromatic heterocycles. The average Bonchev–Trinajstić information content (AvgIpc) is 2.19. The first-order valence-corrected chi connectivity index (χ1v) is 7.38. The first-order valence-electron chi connectivity index (χ1n) is 4.86. The molecule has 1 rings (SSSR count). The predicted octanol–water partition coefficient (Wildman–Crippen LogP) is 2.55. The summed E-state index contributed by atoms with van der Waals surface area (Å²) in [5.41, 5.74) is 0. The van der Waals surface area contributed by atoms with Crippen LogP contribution < -0.4 is 5.32 Å². The van der Waals surface area contributed by atoms with E-state index in [9.17, 15) is 8.60 Å². The quantitative estimate of drug-likeness (QED) is 0.909. The maximum Gasteiger partial charge on any atom is 0.166 e. The van der Waals surface area contributed by atoms with Gasteiger partial charge in [0.2, 0.25) is 0 Å². The second-order valence-electron chi connectivity index (χ2n) is 3.60. The van der Waals surface area contributed by atoms with Crippen LogP contribution in [-0.4, -0.2) is 27.2 Å². The van der Waals surface area contributed by atoms with E-state index in [4.69, 9.17) is 0 Å². The van der Waals surface area contributed by atoms with Crippen LogP contribution in [0.2, 0.25) is 0 Å². The summed E-state index contributed by atoms with van der Waals surface area (Å²) in [6.07, 6.45) is 3.92. The highest BCUT2D eigenvalue weighted by Crippen LogP contribution is 2.17. The summed E-state index contributed by atoms with van der Waals surface area (Å²) < 4.78 is 24.9. The highest BCUT2D eigenvalue weighted by molar-refractivity contribution is 9.10. The van der Waals surface area contributed by atoms with Crippen LogP contribution in [0.1, 0.15) is 13.3 Å². The number of anilines is 1. The molecule has 0 amide bonds. The molecular weight excluding hydrogens is 295 g/mol. The molecule has 3 nitrogen and oxygen atoms in total. The Morgan fingerprint density at radius 3 is 2.94 bits per heavy atom. The maximum absolute atomic E-state index is 13.4. The number of nitrogens with one attached hydrogen (secondary N) is 1. The van der Waals surface area contributed by atoms with E-state index in [-0.39, 0.29) is 17.7 Å². The summed E-state index contributed by atoms with van der Waals surface area (Å²) in [5.74, 6) is 0.447. The standard InChI is InChI=1S/C10H14BrFN2OS/c1-7(3-4-16(2)15)14-10-9(12)5-8(11)6-13-10/h5-7H,3-4H2,1-2H3,(H,13,14). The minimum atomic E-state index is -0.815. The van der Waals surface area contributed by atoms with Crippen molar-refractivity contribution in [1.82, 2.24) is 4.98 Å². The topological polar surface area (TPSA) is 42.0 Å². The molecule has 0 bridgehead atoms. The van der Waals surface area contributed by atoms with Crippen LogP contribution in [0, 0.1) is 5.82 Å². The molecule has 1 N–H and O–H groups in total. The van der Waals surface area contributed by atoms with Crippen molar-refractivity contribution < 1.29 is 8.60 Å². The normalized spacial score (nSPS) is 14.5. The Morgan fingerprint density at radius 2 is 2.38 bits per heavy atom. The van der Waals surface area contributed by atoms with Crippen molar-refractivity contribution in [1.29, 1.82) is 0 Å². The van der Waals surface area contributed by atoms with E-state index in [0.717, 1.165) is 6.42 Å². The number of rotatable bonds is 5. The maximum atomic E-state index is 13.4. The van der Waals surface area contributed by atoms with Gasteiger partial charge in [0.25, 0.3) is 0 Å². The Hall–Kier alpha value is -0.490. The summed E-state index contributed by atoms with van der Waals surface area (Å²) in [6, 6.07) is 1.41. The Balaban J connectivity index is 2.55. The van der Waals surface area contributed by atoms with Crippen LogP contribution in [0.3, 0.4) is 0 Å². The van der Waals surface area contributed by atoms with Crippen molar-refractivity contribution >= 4 is 32.5 Å². The van der Waals surface area contributed by atoms with Crippen LogP contribution in [0.25, 0.3) is 0 Å². The third-order valence-electron chi connectivity index (χ3n) is 2.03. The molecular formula is C10H14BrFN2OS. The second-order valence-corrected chi connectivity index (χ2v) is 6.07. The summed E-state index contributed by atoms with van der Waals surface area (Å²) in [5, 5.41) is 2.95. The molecule has 2 atom stereocenters. The van der Waals surface area contributed by atoms with Gasteiger partial charge in [-0.05, 0) is 35.3 Å². The molecule has 2 unspecified atom stereocenters. The molecule has 0 spiro atoms. The first kappa shape index (κ1) is 13.6. The van der Waals surface area contributed by atoms with Crippen molar-refractivity contribution in [2.45, 2.75) is 19.4 Å². The van der Waals surface area contributed by atoms with E-state index in [2.05, 4.69) is 26.2 Å². The lowest BCUT2D eigenvalue weighted by Crippen LogP contribution is -2.19. The Bertz CT molecular complexity index is 389. The van der Waals surface area contributed by atoms with E-state index in [1.807, 2.05) is 6.92 Å².